The molecule has 0 unspecified atom stereocenters. The Morgan fingerprint density at radius 2 is 1.64 bits per heavy atom. The number of carbonyl (C=O) groups excluding carboxylic acids is 1. The van der Waals surface area contributed by atoms with E-state index in [9.17, 15) is 4.79 Å². The smallest absolute Gasteiger partial charge is 0.211 e. The van der Waals surface area contributed by atoms with E-state index in [0.717, 1.165) is 26.6 Å². The summed E-state index contributed by atoms with van der Waals surface area (Å²) in [6, 6.07) is 23.0. The van der Waals surface area contributed by atoms with E-state index in [1.165, 1.54) is 0 Å². The van der Waals surface area contributed by atoms with Gasteiger partial charge in [0.25, 0.3) is 0 Å². The van der Waals surface area contributed by atoms with Crippen molar-refractivity contribution in [3.63, 3.8) is 0 Å². The van der Waals surface area contributed by atoms with Gasteiger partial charge >= 0.3 is 0 Å². The van der Waals surface area contributed by atoms with Crippen LogP contribution in [-0.4, -0.2) is 10.4 Å². The van der Waals surface area contributed by atoms with Gasteiger partial charge in [-0.2, -0.15) is 5.11 Å². The molecule has 0 spiro atoms. The quantitative estimate of drug-likeness (QED) is 0.256. The molecule has 0 fully saturated rings. The molecule has 0 saturated carbocycles. The van der Waals surface area contributed by atoms with E-state index < -0.39 is 0 Å². The number of carbonyl (C=O) groups is 1. The highest BCUT2D eigenvalue weighted by atomic mass is 79.9. The first-order chi connectivity index (χ1) is 13.5. The van der Waals surface area contributed by atoms with Gasteiger partial charge in [-0.25, -0.2) is 0 Å². The van der Waals surface area contributed by atoms with Crippen LogP contribution in [0.25, 0.3) is 10.9 Å². The Bertz CT molecular complexity index is 1190. The van der Waals surface area contributed by atoms with Crippen LogP contribution in [0.15, 0.2) is 87.5 Å². The van der Waals surface area contributed by atoms with Crippen molar-refractivity contribution in [3.8, 4) is 0 Å². The van der Waals surface area contributed by atoms with Crippen molar-refractivity contribution in [2.24, 2.45) is 17.3 Å². The van der Waals surface area contributed by atoms with Gasteiger partial charge in [-0.1, -0.05) is 64.0 Å². The van der Waals surface area contributed by atoms with Crippen molar-refractivity contribution in [2.75, 3.05) is 0 Å². The normalized spacial score (nSPS) is 11.4. The molecular weight excluding hydrogens is 414 g/mol. The van der Waals surface area contributed by atoms with Gasteiger partial charge in [0.1, 0.15) is 11.4 Å². The number of nitrogens with zero attached hydrogens (tertiary/aromatic N) is 3. The predicted molar refractivity (Wildman–Crippen MR) is 116 cm³/mol. The number of azo groups is 1. The van der Waals surface area contributed by atoms with Crippen molar-refractivity contribution in [3.05, 3.63) is 94.1 Å². The molecular formula is C23H18BrN3O. The fraction of sp³-hybridized carbons (Fsp3) is 0.0870. The summed E-state index contributed by atoms with van der Waals surface area (Å²) >= 11 is 3.52. The zero-order valence-corrected chi connectivity index (χ0v) is 17.1. The lowest BCUT2D eigenvalue weighted by Gasteiger charge is -2.04. The fourth-order valence-electron chi connectivity index (χ4n) is 3.20. The van der Waals surface area contributed by atoms with Crippen LogP contribution in [0.4, 0.5) is 11.4 Å². The molecule has 0 saturated heterocycles. The molecule has 0 aliphatic heterocycles. The summed E-state index contributed by atoms with van der Waals surface area (Å²) in [4.78, 5) is 13.3. The summed E-state index contributed by atoms with van der Waals surface area (Å²) in [5.74, 6) is -0.0757. The molecule has 1 aromatic heterocycles. The third kappa shape index (κ3) is 3.41. The Morgan fingerprint density at radius 3 is 2.36 bits per heavy atom. The maximum atomic E-state index is 13.3. The molecule has 138 valence electrons. The summed E-state index contributed by atoms with van der Waals surface area (Å²) in [7, 11) is 1.89. The maximum Gasteiger partial charge on any atom is 0.211 e. The van der Waals surface area contributed by atoms with Crippen LogP contribution in [0, 0.1) is 6.92 Å². The van der Waals surface area contributed by atoms with Crippen molar-refractivity contribution in [2.45, 2.75) is 6.92 Å². The maximum absolute atomic E-state index is 13.3. The number of aromatic nitrogens is 1. The van der Waals surface area contributed by atoms with Crippen molar-refractivity contribution in [1.82, 2.24) is 4.57 Å². The van der Waals surface area contributed by atoms with E-state index in [2.05, 4.69) is 26.2 Å². The van der Waals surface area contributed by atoms with Gasteiger partial charge in [0.2, 0.25) is 5.78 Å². The molecule has 3 aromatic carbocycles. The van der Waals surface area contributed by atoms with Crippen LogP contribution in [0.5, 0.6) is 0 Å². The van der Waals surface area contributed by atoms with Crippen molar-refractivity contribution in [1.29, 1.82) is 0 Å². The molecule has 0 atom stereocenters. The first-order valence-electron chi connectivity index (χ1n) is 8.90. The van der Waals surface area contributed by atoms with Crippen molar-refractivity contribution < 1.29 is 4.79 Å². The molecule has 1 heterocycles. The van der Waals surface area contributed by atoms with Gasteiger partial charge in [0.05, 0.1) is 11.2 Å². The van der Waals surface area contributed by atoms with E-state index >= 15 is 0 Å². The predicted octanol–water partition coefficient (Wildman–Crippen LogP) is 6.90. The van der Waals surface area contributed by atoms with Crippen LogP contribution in [0.3, 0.4) is 0 Å². The number of hydrogen-bond acceptors (Lipinski definition) is 3. The second kappa shape index (κ2) is 7.52. The number of hydrogen-bond donors (Lipinski definition) is 0. The summed E-state index contributed by atoms with van der Waals surface area (Å²) in [5.41, 5.74) is 4.56. The van der Waals surface area contributed by atoms with E-state index in [-0.39, 0.29) is 5.78 Å². The Hall–Kier alpha value is -3.05. The number of ketones is 1. The lowest BCUT2D eigenvalue weighted by atomic mass is 10.1. The van der Waals surface area contributed by atoms with Gasteiger partial charge in [0.15, 0.2) is 0 Å². The second-order valence-corrected chi connectivity index (χ2v) is 7.56. The monoisotopic (exact) mass is 431 g/mol. The molecule has 28 heavy (non-hydrogen) atoms. The molecule has 0 aliphatic carbocycles. The number of benzene rings is 3. The molecule has 4 rings (SSSR count). The molecule has 4 nitrogen and oxygen atoms in total. The second-order valence-electron chi connectivity index (χ2n) is 6.65. The van der Waals surface area contributed by atoms with Gasteiger partial charge in [-0.05, 0) is 37.3 Å². The molecule has 0 aliphatic rings. The Labute approximate surface area is 171 Å². The summed E-state index contributed by atoms with van der Waals surface area (Å²) in [5, 5.41) is 9.78. The number of rotatable bonds is 4. The van der Waals surface area contributed by atoms with Gasteiger partial charge in [-0.3, -0.25) is 4.79 Å². The van der Waals surface area contributed by atoms with E-state index in [0.29, 0.717) is 16.9 Å². The highest BCUT2D eigenvalue weighted by Gasteiger charge is 2.22. The summed E-state index contributed by atoms with van der Waals surface area (Å²) in [6.45, 7) is 2.03. The third-order valence-electron chi connectivity index (χ3n) is 4.69. The standard InChI is InChI=1S/C23H18BrN3O/c1-15-8-11-18(12-9-15)25-26-21-19-14-17(24)10-13-20(19)27(2)22(21)23(28)16-6-4-3-5-7-16/h3-14H,1-2H3/b26-25+. The number of aryl methyl sites for hydroxylation is 2. The highest BCUT2D eigenvalue weighted by Crippen LogP contribution is 2.37. The van der Waals surface area contributed by atoms with Crippen LogP contribution < -0.4 is 0 Å². The first-order valence-corrected chi connectivity index (χ1v) is 9.70. The fourth-order valence-corrected chi connectivity index (χ4v) is 3.56. The number of fused-ring (bicyclic) bond motifs is 1. The minimum Gasteiger partial charge on any atom is -0.339 e. The molecule has 5 heteroatoms. The van der Waals surface area contributed by atoms with E-state index in [1.54, 1.807) is 0 Å². The Kier molecular flexibility index (Phi) is 4.92. The molecule has 0 amide bonds. The SMILES string of the molecule is Cc1ccc(/N=N/c2c(C(=O)c3ccccc3)n(C)c3ccc(Br)cc23)cc1. The van der Waals surface area contributed by atoms with Crippen LogP contribution >= 0.6 is 15.9 Å². The lowest BCUT2D eigenvalue weighted by Crippen LogP contribution is -2.07. The molecule has 0 bridgehead atoms. The third-order valence-corrected chi connectivity index (χ3v) is 5.18. The average Bonchev–Trinajstić information content (AvgIpc) is 2.98. The number of halogens is 1. The first kappa shape index (κ1) is 18.3. The van der Waals surface area contributed by atoms with E-state index in [4.69, 9.17) is 0 Å². The van der Waals surface area contributed by atoms with Gasteiger partial charge in [-0.15, -0.1) is 5.11 Å². The topological polar surface area (TPSA) is 46.7 Å². The molecule has 4 aromatic rings. The summed E-state index contributed by atoms with van der Waals surface area (Å²) in [6.07, 6.45) is 0. The minimum absolute atomic E-state index is 0.0757. The minimum atomic E-state index is -0.0757. The molecule has 0 radical (unpaired) electrons. The van der Waals surface area contributed by atoms with E-state index in [1.807, 2.05) is 91.3 Å². The zero-order valence-electron chi connectivity index (χ0n) is 15.6. The summed E-state index contributed by atoms with van der Waals surface area (Å²) < 4.78 is 2.82. The van der Waals surface area contributed by atoms with Crippen molar-refractivity contribution >= 4 is 44.0 Å². The zero-order chi connectivity index (χ0) is 19.7. The molecule has 0 N–H and O–H groups in total. The highest BCUT2D eigenvalue weighted by molar-refractivity contribution is 9.10. The average molecular weight is 432 g/mol. The largest absolute Gasteiger partial charge is 0.339 e. The van der Waals surface area contributed by atoms with Crippen LogP contribution in [-0.2, 0) is 7.05 Å². The van der Waals surface area contributed by atoms with Crippen LogP contribution in [0.2, 0.25) is 0 Å². The Morgan fingerprint density at radius 1 is 0.929 bits per heavy atom. The Balaban J connectivity index is 1.91. The van der Waals surface area contributed by atoms with Gasteiger partial charge < -0.3 is 4.57 Å². The lowest BCUT2D eigenvalue weighted by molar-refractivity contribution is 0.103. The van der Waals surface area contributed by atoms with Gasteiger partial charge in [0, 0.05) is 22.5 Å². The van der Waals surface area contributed by atoms with Crippen LogP contribution in [0.1, 0.15) is 21.6 Å².